The highest BCUT2D eigenvalue weighted by Gasteiger charge is 2.30. The van der Waals surface area contributed by atoms with Crippen molar-refractivity contribution in [1.29, 1.82) is 0 Å². The Kier molecular flexibility index (Phi) is 2.74. The normalized spacial score (nSPS) is 13.9. The molecule has 3 heterocycles. The summed E-state index contributed by atoms with van der Waals surface area (Å²) in [7, 11) is 0. The van der Waals surface area contributed by atoms with Crippen LogP contribution >= 0.6 is 0 Å². The van der Waals surface area contributed by atoms with Crippen LogP contribution in [0.25, 0.3) is 0 Å². The van der Waals surface area contributed by atoms with E-state index in [1.165, 1.54) is 11.1 Å². The van der Waals surface area contributed by atoms with Crippen molar-refractivity contribution in [2.75, 3.05) is 16.8 Å². The number of aryl methyl sites for hydroxylation is 2. The third-order valence-electron chi connectivity index (χ3n) is 3.01. The average molecular weight is 272 g/mol. The molecule has 20 heavy (non-hydrogen) atoms. The van der Waals surface area contributed by atoms with E-state index in [4.69, 9.17) is 4.42 Å². The maximum Gasteiger partial charge on any atom is 0.296 e. The number of amides is 2. The lowest BCUT2D eigenvalue weighted by Gasteiger charge is -2.28. The van der Waals surface area contributed by atoms with Crippen LogP contribution in [0.3, 0.4) is 0 Å². The molecule has 1 N–H and O–H groups in total. The third-order valence-corrected chi connectivity index (χ3v) is 3.01. The molecular formula is C13H12N4O3. The molecule has 2 aromatic heterocycles. The number of hydrogen-bond acceptors (Lipinski definition) is 5. The molecule has 2 aromatic rings. The second-order valence-electron chi connectivity index (χ2n) is 4.48. The minimum absolute atomic E-state index is 0.0605. The van der Waals surface area contributed by atoms with E-state index in [2.05, 4.69) is 15.3 Å². The average Bonchev–Trinajstić information content (AvgIpc) is 2.76. The van der Waals surface area contributed by atoms with Gasteiger partial charge in [-0.3, -0.25) is 19.5 Å². The Morgan fingerprint density at radius 1 is 1.45 bits per heavy atom. The van der Waals surface area contributed by atoms with E-state index < -0.39 is 0 Å². The summed E-state index contributed by atoms with van der Waals surface area (Å²) in [6, 6.07) is 1.67. The molecule has 0 spiro atoms. The topological polar surface area (TPSA) is 88.3 Å². The summed E-state index contributed by atoms with van der Waals surface area (Å²) in [5, 5.41) is 2.67. The number of rotatable bonds is 1. The zero-order valence-electron chi connectivity index (χ0n) is 11.0. The minimum Gasteiger partial charge on any atom is -0.436 e. The fraction of sp³-hybridized carbons (Fsp3) is 0.231. The Bertz CT molecular complexity index is 707. The molecule has 3 rings (SSSR count). The summed E-state index contributed by atoms with van der Waals surface area (Å²) in [5.74, 6) is -0.0830. The Morgan fingerprint density at radius 2 is 2.25 bits per heavy atom. The lowest BCUT2D eigenvalue weighted by atomic mass is 10.2. The first kappa shape index (κ1) is 12.3. The van der Waals surface area contributed by atoms with Crippen LogP contribution in [0.1, 0.15) is 22.1 Å². The van der Waals surface area contributed by atoms with Crippen molar-refractivity contribution in [2.45, 2.75) is 13.8 Å². The molecule has 7 nitrogen and oxygen atoms in total. The van der Waals surface area contributed by atoms with E-state index in [9.17, 15) is 9.59 Å². The minimum atomic E-state index is -0.384. The first-order valence-corrected chi connectivity index (χ1v) is 6.06. The summed E-state index contributed by atoms with van der Waals surface area (Å²) in [6.45, 7) is 3.31. The molecule has 7 heteroatoms. The van der Waals surface area contributed by atoms with Crippen molar-refractivity contribution < 1.29 is 14.0 Å². The van der Waals surface area contributed by atoms with Crippen LogP contribution in [0.4, 0.5) is 11.4 Å². The fourth-order valence-electron chi connectivity index (χ4n) is 2.17. The quantitative estimate of drug-likeness (QED) is 0.845. The van der Waals surface area contributed by atoms with Crippen molar-refractivity contribution in [1.82, 2.24) is 9.97 Å². The smallest absolute Gasteiger partial charge is 0.296 e. The molecule has 0 saturated carbocycles. The second-order valence-corrected chi connectivity index (χ2v) is 4.48. The van der Waals surface area contributed by atoms with Crippen LogP contribution in [-0.4, -0.2) is 28.3 Å². The molecule has 0 saturated heterocycles. The number of carbonyl (C=O) groups excluding carboxylic acids is 2. The largest absolute Gasteiger partial charge is 0.436 e. The van der Waals surface area contributed by atoms with Gasteiger partial charge in [-0.25, -0.2) is 4.98 Å². The highest BCUT2D eigenvalue weighted by atomic mass is 16.4. The van der Waals surface area contributed by atoms with Gasteiger partial charge in [0, 0.05) is 13.1 Å². The van der Waals surface area contributed by atoms with Crippen LogP contribution in [0, 0.1) is 13.8 Å². The summed E-state index contributed by atoms with van der Waals surface area (Å²) in [4.78, 5) is 33.6. The summed E-state index contributed by atoms with van der Waals surface area (Å²) in [6.07, 6.45) is 3.07. The highest BCUT2D eigenvalue weighted by Crippen LogP contribution is 2.29. The molecule has 2 amide bonds. The molecule has 1 aliphatic heterocycles. The van der Waals surface area contributed by atoms with Crippen LogP contribution in [-0.2, 0) is 4.79 Å². The van der Waals surface area contributed by atoms with Gasteiger partial charge in [0.05, 0.1) is 23.3 Å². The summed E-state index contributed by atoms with van der Waals surface area (Å²) in [5.41, 5.74) is 1.61. The van der Waals surface area contributed by atoms with Gasteiger partial charge in [-0.05, 0) is 13.0 Å². The Balaban J connectivity index is 2.04. The number of aromatic nitrogens is 2. The molecule has 0 atom stereocenters. The maximum absolute atomic E-state index is 12.5. The molecule has 102 valence electrons. The predicted octanol–water partition coefficient (Wildman–Crippen LogP) is 1.29. The van der Waals surface area contributed by atoms with Gasteiger partial charge in [-0.1, -0.05) is 0 Å². The number of nitrogens with one attached hydrogen (secondary N) is 1. The maximum atomic E-state index is 12.5. The number of pyridine rings is 1. The standard InChI is InChI=1S/C13H12N4O3/c1-7-12(20-8(2)15-7)13(19)17-6-11(18)16-9-5-14-4-3-10(9)17/h3-5H,6H2,1-2H3,(H,16,18). The van der Waals surface area contributed by atoms with Gasteiger partial charge in [0.2, 0.25) is 11.7 Å². The Hall–Kier alpha value is -2.70. The van der Waals surface area contributed by atoms with E-state index in [-0.39, 0.29) is 24.1 Å². The molecule has 0 aliphatic carbocycles. The zero-order valence-corrected chi connectivity index (χ0v) is 11.0. The van der Waals surface area contributed by atoms with E-state index in [1.54, 1.807) is 26.1 Å². The Morgan fingerprint density at radius 3 is 2.95 bits per heavy atom. The lowest BCUT2D eigenvalue weighted by molar-refractivity contribution is -0.115. The third kappa shape index (κ3) is 1.93. The Labute approximate surface area is 114 Å². The van der Waals surface area contributed by atoms with E-state index >= 15 is 0 Å². The van der Waals surface area contributed by atoms with Gasteiger partial charge in [0.25, 0.3) is 5.91 Å². The monoisotopic (exact) mass is 272 g/mol. The molecule has 0 unspecified atom stereocenters. The van der Waals surface area contributed by atoms with Gasteiger partial charge in [0.15, 0.2) is 5.89 Å². The van der Waals surface area contributed by atoms with Crippen LogP contribution in [0.2, 0.25) is 0 Å². The first-order chi connectivity index (χ1) is 9.56. The molecule has 0 aromatic carbocycles. The number of nitrogens with zero attached hydrogens (tertiary/aromatic N) is 3. The van der Waals surface area contributed by atoms with Crippen LogP contribution in [0.5, 0.6) is 0 Å². The zero-order chi connectivity index (χ0) is 14.3. The van der Waals surface area contributed by atoms with E-state index in [0.29, 0.717) is 23.0 Å². The second kappa shape index (κ2) is 4.44. The van der Waals surface area contributed by atoms with Crippen molar-refractivity contribution in [3.8, 4) is 0 Å². The summed E-state index contributed by atoms with van der Waals surface area (Å²) < 4.78 is 5.33. The van der Waals surface area contributed by atoms with Crippen LogP contribution in [0.15, 0.2) is 22.9 Å². The number of carbonyl (C=O) groups is 2. The van der Waals surface area contributed by atoms with Gasteiger partial charge >= 0.3 is 0 Å². The first-order valence-electron chi connectivity index (χ1n) is 6.06. The van der Waals surface area contributed by atoms with Gasteiger partial charge in [-0.15, -0.1) is 0 Å². The van der Waals surface area contributed by atoms with Gasteiger partial charge < -0.3 is 9.73 Å². The van der Waals surface area contributed by atoms with Gasteiger partial charge in [0.1, 0.15) is 6.54 Å². The molecule has 0 bridgehead atoms. The highest BCUT2D eigenvalue weighted by molar-refractivity contribution is 6.14. The van der Waals surface area contributed by atoms with Crippen molar-refractivity contribution >= 4 is 23.2 Å². The number of fused-ring (bicyclic) bond motifs is 1. The molecule has 1 aliphatic rings. The van der Waals surface area contributed by atoms with Crippen LogP contribution < -0.4 is 10.2 Å². The number of anilines is 2. The molecule has 0 fully saturated rings. The fourth-order valence-corrected chi connectivity index (χ4v) is 2.17. The number of hydrogen-bond donors (Lipinski definition) is 1. The predicted molar refractivity (Wildman–Crippen MR) is 70.5 cm³/mol. The summed E-state index contributed by atoms with van der Waals surface area (Å²) >= 11 is 0. The van der Waals surface area contributed by atoms with Crippen molar-refractivity contribution in [3.63, 3.8) is 0 Å². The SMILES string of the molecule is Cc1nc(C)c(C(=O)N2CC(=O)Nc3cnccc32)o1. The molecular weight excluding hydrogens is 260 g/mol. The van der Waals surface area contributed by atoms with E-state index in [0.717, 1.165) is 0 Å². The van der Waals surface area contributed by atoms with Crippen molar-refractivity contribution in [2.24, 2.45) is 0 Å². The lowest BCUT2D eigenvalue weighted by Crippen LogP contribution is -2.42. The van der Waals surface area contributed by atoms with Crippen molar-refractivity contribution in [3.05, 3.63) is 35.8 Å². The van der Waals surface area contributed by atoms with E-state index in [1.807, 2.05) is 0 Å². The molecule has 0 radical (unpaired) electrons. The number of oxazole rings is 1. The van der Waals surface area contributed by atoms with Gasteiger partial charge in [-0.2, -0.15) is 0 Å².